The van der Waals surface area contributed by atoms with Crippen molar-refractivity contribution >= 4 is 35.1 Å². The Morgan fingerprint density at radius 1 is 1.12 bits per heavy atom. The van der Waals surface area contributed by atoms with Gasteiger partial charge < -0.3 is 10.1 Å². The van der Waals surface area contributed by atoms with E-state index in [0.717, 1.165) is 11.0 Å². The molecule has 0 aliphatic rings. The van der Waals surface area contributed by atoms with Gasteiger partial charge in [-0.2, -0.15) is 0 Å². The number of hydrogen-bond donors (Lipinski definition) is 1. The summed E-state index contributed by atoms with van der Waals surface area (Å²) in [6.07, 6.45) is 0.150. The quantitative estimate of drug-likeness (QED) is 0.433. The first kappa shape index (κ1) is 19.7. The lowest BCUT2D eigenvalue weighted by atomic mass is 10.1. The van der Waals surface area contributed by atoms with Gasteiger partial charge in [-0.3, -0.25) is 14.4 Å². The Morgan fingerprint density at radius 3 is 2.50 bits per heavy atom. The summed E-state index contributed by atoms with van der Waals surface area (Å²) < 4.78 is 18.9. The summed E-state index contributed by atoms with van der Waals surface area (Å²) in [5.41, 5.74) is 0.0621. The maximum absolute atomic E-state index is 13.9. The number of halogens is 1. The van der Waals surface area contributed by atoms with E-state index in [0.29, 0.717) is 5.75 Å². The first-order valence-electron chi connectivity index (χ1n) is 7.89. The number of carbonyl (C=O) groups is 3. The van der Waals surface area contributed by atoms with E-state index in [4.69, 9.17) is 4.74 Å². The van der Waals surface area contributed by atoms with Crippen LogP contribution in [0.5, 0.6) is 0 Å². The topological polar surface area (TPSA) is 72.5 Å². The van der Waals surface area contributed by atoms with Crippen LogP contribution in [0, 0.1) is 5.82 Å². The summed E-state index contributed by atoms with van der Waals surface area (Å²) in [7, 11) is 0. The molecular weight excluding hydrogens is 357 g/mol. The van der Waals surface area contributed by atoms with Crippen molar-refractivity contribution < 1.29 is 23.5 Å². The minimum atomic E-state index is -0.781. The Balaban J connectivity index is 1.78. The molecule has 0 fully saturated rings. The van der Waals surface area contributed by atoms with Crippen LogP contribution >= 0.6 is 11.8 Å². The highest BCUT2D eigenvalue weighted by molar-refractivity contribution is 7.99. The van der Waals surface area contributed by atoms with Gasteiger partial charge in [0.2, 0.25) is 11.7 Å². The van der Waals surface area contributed by atoms with Crippen LogP contribution in [0.3, 0.4) is 0 Å². The Kier molecular flexibility index (Phi) is 7.35. The number of benzene rings is 2. The molecule has 0 radical (unpaired) electrons. The van der Waals surface area contributed by atoms with Crippen LogP contribution in [0.2, 0.25) is 0 Å². The van der Waals surface area contributed by atoms with E-state index in [1.807, 2.05) is 30.3 Å². The maximum Gasteiger partial charge on any atom is 0.307 e. The van der Waals surface area contributed by atoms with Crippen molar-refractivity contribution in [3.8, 4) is 0 Å². The van der Waals surface area contributed by atoms with E-state index in [-0.39, 0.29) is 23.6 Å². The Bertz CT molecular complexity index is 795. The molecule has 0 saturated heterocycles. The average Bonchev–Trinajstić information content (AvgIpc) is 2.60. The normalized spacial score (nSPS) is 10.2. The number of anilines is 1. The third-order valence-corrected chi connectivity index (χ3v) is 4.29. The number of nitrogens with one attached hydrogen (secondary N) is 1. The molecule has 2 aromatic rings. The molecule has 0 atom stereocenters. The maximum atomic E-state index is 13.9. The van der Waals surface area contributed by atoms with Gasteiger partial charge in [0.05, 0.1) is 12.0 Å². The molecule has 0 aliphatic carbocycles. The van der Waals surface area contributed by atoms with E-state index in [9.17, 15) is 18.8 Å². The van der Waals surface area contributed by atoms with Crippen LogP contribution in [-0.2, 0) is 14.3 Å². The lowest BCUT2D eigenvalue weighted by Gasteiger charge is -2.07. The van der Waals surface area contributed by atoms with E-state index in [1.54, 1.807) is 0 Å². The van der Waals surface area contributed by atoms with Crippen molar-refractivity contribution in [1.82, 2.24) is 0 Å². The van der Waals surface area contributed by atoms with Gasteiger partial charge in [0, 0.05) is 23.3 Å². The van der Waals surface area contributed by atoms with Gasteiger partial charge >= 0.3 is 5.97 Å². The Morgan fingerprint density at radius 2 is 1.85 bits per heavy atom. The molecule has 0 bridgehead atoms. The first-order valence-corrected chi connectivity index (χ1v) is 8.88. The minimum Gasteiger partial charge on any atom is -0.457 e. The third-order valence-electron chi connectivity index (χ3n) is 3.27. The second-order valence-electron chi connectivity index (χ2n) is 5.37. The number of ketones is 1. The van der Waals surface area contributed by atoms with Crippen molar-refractivity contribution in [3.63, 3.8) is 0 Å². The summed E-state index contributed by atoms with van der Waals surface area (Å²) in [6, 6.07) is 13.3. The number of carbonyl (C=O) groups excluding carboxylic acids is 3. The molecule has 26 heavy (non-hydrogen) atoms. The fourth-order valence-electron chi connectivity index (χ4n) is 2.09. The molecule has 1 N–H and O–H groups in total. The van der Waals surface area contributed by atoms with Crippen LogP contribution in [0.1, 0.15) is 23.7 Å². The summed E-state index contributed by atoms with van der Waals surface area (Å²) in [6.45, 7) is 0.776. The number of amides is 1. The summed E-state index contributed by atoms with van der Waals surface area (Å²) in [5, 5.41) is 2.42. The summed E-state index contributed by atoms with van der Waals surface area (Å²) >= 11 is 1.51. The Hall–Kier alpha value is -2.67. The van der Waals surface area contributed by atoms with Gasteiger partial charge in [0.15, 0.2) is 6.61 Å². The second-order valence-corrected chi connectivity index (χ2v) is 6.54. The van der Waals surface area contributed by atoms with Gasteiger partial charge in [-0.05, 0) is 30.3 Å². The molecule has 0 aliphatic heterocycles. The van der Waals surface area contributed by atoms with Crippen LogP contribution in [0.25, 0.3) is 0 Å². The van der Waals surface area contributed by atoms with Crippen molar-refractivity contribution in [2.75, 3.05) is 17.7 Å². The van der Waals surface area contributed by atoms with Crippen LogP contribution in [0.15, 0.2) is 53.4 Å². The smallest absolute Gasteiger partial charge is 0.307 e. The molecular formula is C19H18FNO4S. The average molecular weight is 375 g/mol. The van der Waals surface area contributed by atoms with Crippen molar-refractivity contribution in [2.45, 2.75) is 18.2 Å². The number of thioether (sulfide) groups is 1. The van der Waals surface area contributed by atoms with E-state index >= 15 is 0 Å². The van der Waals surface area contributed by atoms with Crippen LogP contribution in [-0.4, -0.2) is 30.0 Å². The molecule has 5 nitrogen and oxygen atoms in total. The lowest BCUT2D eigenvalue weighted by molar-refractivity contribution is -0.142. The minimum absolute atomic E-state index is 0.150. The first-order chi connectivity index (χ1) is 12.5. The Labute approximate surface area is 154 Å². The molecule has 0 saturated carbocycles. The van der Waals surface area contributed by atoms with Crippen molar-refractivity contribution in [3.05, 3.63) is 59.9 Å². The fourth-order valence-corrected chi connectivity index (χ4v) is 2.94. The molecule has 7 heteroatoms. The molecule has 0 unspecified atom stereocenters. The molecule has 136 valence electrons. The van der Waals surface area contributed by atoms with Crippen molar-refractivity contribution in [1.29, 1.82) is 0 Å². The van der Waals surface area contributed by atoms with Gasteiger partial charge in [-0.1, -0.05) is 18.2 Å². The van der Waals surface area contributed by atoms with Gasteiger partial charge in [-0.15, -0.1) is 11.8 Å². The molecule has 1 amide bonds. The number of esters is 1. The summed E-state index contributed by atoms with van der Waals surface area (Å²) in [4.78, 5) is 35.7. The lowest BCUT2D eigenvalue weighted by Crippen LogP contribution is -2.16. The highest BCUT2D eigenvalue weighted by Crippen LogP contribution is 2.18. The zero-order valence-electron chi connectivity index (χ0n) is 14.2. The number of Topliss-reactive ketones (excluding diaryl/α,β-unsaturated/α-hetero) is 1. The van der Waals surface area contributed by atoms with Crippen molar-refractivity contribution in [2.24, 2.45) is 0 Å². The van der Waals surface area contributed by atoms with E-state index in [1.165, 1.54) is 30.8 Å². The second kappa shape index (κ2) is 9.72. The van der Waals surface area contributed by atoms with Gasteiger partial charge in [-0.25, -0.2) is 4.39 Å². The predicted molar refractivity (Wildman–Crippen MR) is 97.8 cm³/mol. The summed E-state index contributed by atoms with van der Waals surface area (Å²) in [5.74, 6) is -1.75. The van der Waals surface area contributed by atoms with Crippen LogP contribution in [0.4, 0.5) is 10.1 Å². The molecule has 2 rings (SSSR count). The number of rotatable bonds is 8. The molecule has 0 spiro atoms. The SMILES string of the molecule is CC(=O)Nc1ccc(C(=O)COC(=O)CCSc2ccccc2)c(F)c1. The molecule has 0 aromatic heterocycles. The van der Waals surface area contributed by atoms with E-state index < -0.39 is 24.2 Å². The van der Waals surface area contributed by atoms with Gasteiger partial charge in [0.25, 0.3) is 0 Å². The van der Waals surface area contributed by atoms with Gasteiger partial charge in [0.1, 0.15) is 5.82 Å². The molecule has 0 heterocycles. The highest BCUT2D eigenvalue weighted by Gasteiger charge is 2.15. The zero-order chi connectivity index (χ0) is 18.9. The monoisotopic (exact) mass is 375 g/mol. The number of ether oxygens (including phenoxy) is 1. The predicted octanol–water partition coefficient (Wildman–Crippen LogP) is 3.69. The zero-order valence-corrected chi connectivity index (χ0v) is 15.0. The largest absolute Gasteiger partial charge is 0.457 e. The highest BCUT2D eigenvalue weighted by atomic mass is 32.2. The fraction of sp³-hybridized carbons (Fsp3) is 0.211. The third kappa shape index (κ3) is 6.33. The van der Waals surface area contributed by atoms with E-state index in [2.05, 4.69) is 5.32 Å². The standard InChI is InChI=1S/C19H18FNO4S/c1-13(22)21-14-7-8-16(17(20)11-14)18(23)12-25-19(24)9-10-26-15-5-3-2-4-6-15/h2-8,11H,9-10,12H2,1H3,(H,21,22). The molecule has 2 aromatic carbocycles. The number of hydrogen-bond acceptors (Lipinski definition) is 5. The van der Waals surface area contributed by atoms with Crippen LogP contribution < -0.4 is 5.32 Å².